The first kappa shape index (κ1) is 14.9. The first-order valence-corrected chi connectivity index (χ1v) is 8.09. The standard InChI is InChI=1S/C15H20BrNOS/c1-17(11-6-4-2-3-5-7-11)15(18)13-10-12(19)8-9-14(13)16/h8-11,19H,2-7H2,1H3. The molecule has 4 heteroatoms. The Morgan fingerprint density at radius 3 is 2.53 bits per heavy atom. The van der Waals surface area contributed by atoms with Crippen LogP contribution in [0, 0.1) is 0 Å². The van der Waals surface area contributed by atoms with Crippen molar-refractivity contribution >= 4 is 34.5 Å². The van der Waals surface area contributed by atoms with Crippen molar-refractivity contribution < 1.29 is 4.79 Å². The summed E-state index contributed by atoms with van der Waals surface area (Å²) in [5.41, 5.74) is 0.708. The van der Waals surface area contributed by atoms with Crippen molar-refractivity contribution in [3.05, 3.63) is 28.2 Å². The maximum atomic E-state index is 12.6. The molecule has 0 aliphatic heterocycles. The van der Waals surface area contributed by atoms with Crippen LogP contribution in [0.25, 0.3) is 0 Å². The molecule has 0 spiro atoms. The molecule has 0 radical (unpaired) electrons. The molecule has 0 atom stereocenters. The summed E-state index contributed by atoms with van der Waals surface area (Å²) in [6.07, 6.45) is 7.32. The van der Waals surface area contributed by atoms with E-state index in [1.54, 1.807) is 0 Å². The average Bonchev–Trinajstić information content (AvgIpc) is 2.69. The van der Waals surface area contributed by atoms with E-state index in [9.17, 15) is 4.79 Å². The molecule has 0 bridgehead atoms. The predicted molar refractivity (Wildman–Crippen MR) is 85.0 cm³/mol. The van der Waals surface area contributed by atoms with Gasteiger partial charge in [0.2, 0.25) is 0 Å². The molecule has 1 aromatic rings. The fourth-order valence-electron chi connectivity index (χ4n) is 2.68. The highest BCUT2D eigenvalue weighted by Gasteiger charge is 2.23. The smallest absolute Gasteiger partial charge is 0.255 e. The summed E-state index contributed by atoms with van der Waals surface area (Å²) in [5, 5.41) is 0. The molecule has 1 aliphatic carbocycles. The van der Waals surface area contributed by atoms with Crippen molar-refractivity contribution in [3.63, 3.8) is 0 Å². The summed E-state index contributed by atoms with van der Waals surface area (Å²) in [6.45, 7) is 0. The van der Waals surface area contributed by atoms with E-state index in [1.165, 1.54) is 25.7 Å². The van der Waals surface area contributed by atoms with Crippen molar-refractivity contribution in [2.45, 2.75) is 49.5 Å². The first-order chi connectivity index (χ1) is 9.09. The normalized spacial score (nSPS) is 17.0. The largest absolute Gasteiger partial charge is 0.339 e. The highest BCUT2D eigenvalue weighted by molar-refractivity contribution is 9.10. The lowest BCUT2D eigenvalue weighted by molar-refractivity contribution is 0.0716. The SMILES string of the molecule is CN(C(=O)c1cc(S)ccc1Br)C1CCCCCC1. The number of hydrogen-bond donors (Lipinski definition) is 1. The van der Waals surface area contributed by atoms with Crippen LogP contribution in [0.1, 0.15) is 48.9 Å². The number of rotatable bonds is 2. The molecule has 1 saturated carbocycles. The number of nitrogens with zero attached hydrogens (tertiary/aromatic N) is 1. The van der Waals surface area contributed by atoms with Crippen LogP contribution in [0.5, 0.6) is 0 Å². The monoisotopic (exact) mass is 341 g/mol. The van der Waals surface area contributed by atoms with Gasteiger partial charge in [-0.2, -0.15) is 0 Å². The second kappa shape index (κ2) is 6.80. The van der Waals surface area contributed by atoms with Crippen LogP contribution in [0.3, 0.4) is 0 Å². The van der Waals surface area contributed by atoms with E-state index < -0.39 is 0 Å². The Labute approximate surface area is 129 Å². The number of benzene rings is 1. The van der Waals surface area contributed by atoms with E-state index in [2.05, 4.69) is 28.6 Å². The van der Waals surface area contributed by atoms with Gasteiger partial charge in [0.25, 0.3) is 5.91 Å². The van der Waals surface area contributed by atoms with Gasteiger partial charge in [0.1, 0.15) is 0 Å². The molecule has 0 aromatic heterocycles. The third kappa shape index (κ3) is 3.76. The summed E-state index contributed by atoms with van der Waals surface area (Å²) in [5.74, 6) is 0.0923. The van der Waals surface area contributed by atoms with Crippen LogP contribution in [0.4, 0.5) is 0 Å². The summed E-state index contributed by atoms with van der Waals surface area (Å²) < 4.78 is 0.843. The number of halogens is 1. The van der Waals surface area contributed by atoms with Crippen molar-refractivity contribution in [2.75, 3.05) is 7.05 Å². The quantitative estimate of drug-likeness (QED) is 0.618. The van der Waals surface area contributed by atoms with Crippen LogP contribution >= 0.6 is 28.6 Å². The van der Waals surface area contributed by atoms with Gasteiger partial charge < -0.3 is 4.90 Å². The average molecular weight is 342 g/mol. The van der Waals surface area contributed by atoms with E-state index in [1.807, 2.05) is 30.1 Å². The zero-order valence-electron chi connectivity index (χ0n) is 11.2. The lowest BCUT2D eigenvalue weighted by Crippen LogP contribution is -2.36. The van der Waals surface area contributed by atoms with Gasteiger partial charge in [0.15, 0.2) is 0 Å². The number of hydrogen-bond acceptors (Lipinski definition) is 2. The number of amides is 1. The summed E-state index contributed by atoms with van der Waals surface area (Å²) in [4.78, 5) is 15.3. The minimum absolute atomic E-state index is 0.0923. The number of carbonyl (C=O) groups excluding carboxylic acids is 1. The minimum atomic E-state index is 0.0923. The van der Waals surface area contributed by atoms with Gasteiger partial charge in [-0.1, -0.05) is 25.7 Å². The maximum Gasteiger partial charge on any atom is 0.255 e. The molecule has 2 rings (SSSR count). The Kier molecular flexibility index (Phi) is 5.34. The van der Waals surface area contributed by atoms with Gasteiger partial charge in [0, 0.05) is 22.5 Å². The van der Waals surface area contributed by atoms with E-state index in [0.29, 0.717) is 11.6 Å². The zero-order valence-corrected chi connectivity index (χ0v) is 13.7. The van der Waals surface area contributed by atoms with E-state index in [4.69, 9.17) is 0 Å². The Morgan fingerprint density at radius 2 is 1.89 bits per heavy atom. The van der Waals surface area contributed by atoms with Crippen LogP contribution < -0.4 is 0 Å². The lowest BCUT2D eigenvalue weighted by Gasteiger charge is -2.27. The van der Waals surface area contributed by atoms with Crippen LogP contribution in [0.15, 0.2) is 27.6 Å². The maximum absolute atomic E-state index is 12.6. The molecule has 1 amide bonds. The van der Waals surface area contributed by atoms with Gasteiger partial charge >= 0.3 is 0 Å². The van der Waals surface area contributed by atoms with Gasteiger partial charge in [-0.15, -0.1) is 12.6 Å². The van der Waals surface area contributed by atoms with Gasteiger partial charge in [-0.3, -0.25) is 4.79 Å². The zero-order chi connectivity index (χ0) is 13.8. The third-order valence-electron chi connectivity index (χ3n) is 3.87. The van der Waals surface area contributed by atoms with E-state index >= 15 is 0 Å². The fourth-order valence-corrected chi connectivity index (χ4v) is 3.30. The minimum Gasteiger partial charge on any atom is -0.339 e. The molecule has 1 fully saturated rings. The molecule has 0 unspecified atom stereocenters. The van der Waals surface area contributed by atoms with E-state index in [0.717, 1.165) is 22.2 Å². The highest BCUT2D eigenvalue weighted by atomic mass is 79.9. The van der Waals surface area contributed by atoms with Crippen LogP contribution in [-0.2, 0) is 0 Å². The Hall–Kier alpha value is -0.480. The molecular weight excluding hydrogens is 322 g/mol. The molecule has 0 N–H and O–H groups in total. The summed E-state index contributed by atoms with van der Waals surface area (Å²) >= 11 is 7.77. The molecule has 19 heavy (non-hydrogen) atoms. The lowest BCUT2D eigenvalue weighted by atomic mass is 10.1. The predicted octanol–water partition coefficient (Wildman–Crippen LogP) is 4.53. The number of carbonyl (C=O) groups is 1. The van der Waals surface area contributed by atoms with Gasteiger partial charge in [0.05, 0.1) is 5.56 Å². The molecule has 104 valence electrons. The summed E-state index contributed by atoms with van der Waals surface area (Å²) in [6, 6.07) is 5.99. The Balaban J connectivity index is 2.15. The van der Waals surface area contributed by atoms with Crippen LogP contribution in [-0.4, -0.2) is 23.9 Å². The third-order valence-corrected chi connectivity index (χ3v) is 4.84. The first-order valence-electron chi connectivity index (χ1n) is 6.85. The molecule has 2 nitrogen and oxygen atoms in total. The summed E-state index contributed by atoms with van der Waals surface area (Å²) in [7, 11) is 1.93. The van der Waals surface area contributed by atoms with Crippen molar-refractivity contribution in [1.29, 1.82) is 0 Å². The second-order valence-corrected chi connectivity index (χ2v) is 6.60. The Morgan fingerprint density at radius 1 is 1.26 bits per heavy atom. The molecule has 0 saturated heterocycles. The fraction of sp³-hybridized carbons (Fsp3) is 0.533. The van der Waals surface area contributed by atoms with Gasteiger partial charge in [-0.25, -0.2) is 0 Å². The topological polar surface area (TPSA) is 20.3 Å². The van der Waals surface area contributed by atoms with Crippen molar-refractivity contribution in [2.24, 2.45) is 0 Å². The van der Waals surface area contributed by atoms with Crippen molar-refractivity contribution in [1.82, 2.24) is 4.90 Å². The number of thiol groups is 1. The molecule has 1 aliphatic rings. The van der Waals surface area contributed by atoms with Gasteiger partial charge in [-0.05, 0) is 47.0 Å². The molecular formula is C15H20BrNOS. The highest BCUT2D eigenvalue weighted by Crippen LogP contribution is 2.25. The Bertz CT molecular complexity index is 455. The second-order valence-electron chi connectivity index (χ2n) is 5.23. The van der Waals surface area contributed by atoms with Crippen LogP contribution in [0.2, 0.25) is 0 Å². The van der Waals surface area contributed by atoms with E-state index in [-0.39, 0.29) is 5.91 Å². The molecule has 1 aromatic carbocycles. The molecule has 0 heterocycles. The van der Waals surface area contributed by atoms with Crippen molar-refractivity contribution in [3.8, 4) is 0 Å².